The van der Waals surface area contributed by atoms with Gasteiger partial charge in [-0.1, -0.05) is 29.3 Å². The van der Waals surface area contributed by atoms with Gasteiger partial charge in [0, 0.05) is 32.7 Å². The van der Waals surface area contributed by atoms with Gasteiger partial charge in [-0.2, -0.15) is 0 Å². The molecule has 0 radical (unpaired) electrons. The molecule has 164 valence electrons. The third-order valence-corrected chi connectivity index (χ3v) is 6.10. The van der Waals surface area contributed by atoms with E-state index in [1.807, 2.05) is 25.1 Å². The Hall–Kier alpha value is -1.02. The third-order valence-electron chi connectivity index (χ3n) is 4.77. The van der Waals surface area contributed by atoms with E-state index in [9.17, 15) is 0 Å². The molecule has 0 spiro atoms. The molecule has 0 atom stereocenters. The van der Waals surface area contributed by atoms with Crippen molar-refractivity contribution in [1.82, 2.24) is 10.2 Å². The standard InChI is InChI=1S/C22H27BrCl2N2O3/c1-2-29-21-13-17(14-26-5-6-27-7-9-28-10-8-27)11-18(23)22(21)30-15-16-3-4-19(24)20(25)12-16/h3-4,11-13,26H,2,5-10,14-15H2,1H3. The lowest BCUT2D eigenvalue weighted by molar-refractivity contribution is 0.0384. The molecule has 2 aromatic rings. The highest BCUT2D eigenvalue weighted by molar-refractivity contribution is 9.10. The van der Waals surface area contributed by atoms with Crippen molar-refractivity contribution in [2.75, 3.05) is 46.0 Å². The molecule has 0 amide bonds. The summed E-state index contributed by atoms with van der Waals surface area (Å²) in [5.74, 6) is 1.40. The van der Waals surface area contributed by atoms with Crippen molar-refractivity contribution >= 4 is 39.1 Å². The average Bonchev–Trinajstić information content (AvgIpc) is 2.74. The van der Waals surface area contributed by atoms with Gasteiger partial charge in [-0.15, -0.1) is 0 Å². The number of benzene rings is 2. The Morgan fingerprint density at radius 3 is 2.60 bits per heavy atom. The number of rotatable bonds is 10. The van der Waals surface area contributed by atoms with Crippen LogP contribution in [0.25, 0.3) is 0 Å². The largest absolute Gasteiger partial charge is 0.490 e. The van der Waals surface area contributed by atoms with Gasteiger partial charge in [0.2, 0.25) is 0 Å². The van der Waals surface area contributed by atoms with Crippen LogP contribution in [0, 0.1) is 0 Å². The van der Waals surface area contributed by atoms with Crippen LogP contribution < -0.4 is 14.8 Å². The van der Waals surface area contributed by atoms with Crippen molar-refractivity contribution in [3.8, 4) is 11.5 Å². The molecule has 1 aliphatic heterocycles. The summed E-state index contributed by atoms with van der Waals surface area (Å²) in [6, 6.07) is 9.57. The lowest BCUT2D eigenvalue weighted by Crippen LogP contribution is -2.40. The fraction of sp³-hybridized carbons (Fsp3) is 0.455. The van der Waals surface area contributed by atoms with Crippen LogP contribution in [0.4, 0.5) is 0 Å². The van der Waals surface area contributed by atoms with Gasteiger partial charge in [-0.05, 0) is 58.2 Å². The normalized spacial score (nSPS) is 14.7. The zero-order chi connectivity index (χ0) is 21.3. The molecule has 1 heterocycles. The maximum absolute atomic E-state index is 6.10. The molecule has 1 saturated heterocycles. The number of hydrogen-bond donors (Lipinski definition) is 1. The van der Waals surface area contributed by atoms with Crippen molar-refractivity contribution in [2.45, 2.75) is 20.1 Å². The van der Waals surface area contributed by atoms with E-state index < -0.39 is 0 Å². The van der Waals surface area contributed by atoms with E-state index in [1.165, 1.54) is 0 Å². The highest BCUT2D eigenvalue weighted by atomic mass is 79.9. The molecule has 0 unspecified atom stereocenters. The highest BCUT2D eigenvalue weighted by Gasteiger charge is 2.14. The second-order valence-corrected chi connectivity index (χ2v) is 8.67. The summed E-state index contributed by atoms with van der Waals surface area (Å²) >= 11 is 15.7. The van der Waals surface area contributed by atoms with Crippen LogP contribution in [0.2, 0.25) is 10.0 Å². The number of nitrogens with zero attached hydrogens (tertiary/aromatic N) is 1. The summed E-state index contributed by atoms with van der Waals surface area (Å²) < 4.78 is 18.1. The molecule has 0 aliphatic carbocycles. The van der Waals surface area contributed by atoms with Crippen LogP contribution in [0.3, 0.4) is 0 Å². The highest BCUT2D eigenvalue weighted by Crippen LogP contribution is 2.37. The minimum absolute atomic E-state index is 0.368. The first-order chi connectivity index (χ1) is 14.6. The average molecular weight is 518 g/mol. The van der Waals surface area contributed by atoms with Crippen molar-refractivity contribution in [1.29, 1.82) is 0 Å². The fourth-order valence-corrected chi connectivity index (χ4v) is 4.13. The van der Waals surface area contributed by atoms with Crippen LogP contribution in [0.15, 0.2) is 34.8 Å². The fourth-order valence-electron chi connectivity index (χ4n) is 3.21. The Morgan fingerprint density at radius 2 is 1.87 bits per heavy atom. The van der Waals surface area contributed by atoms with E-state index >= 15 is 0 Å². The van der Waals surface area contributed by atoms with Crippen LogP contribution in [0.5, 0.6) is 11.5 Å². The first kappa shape index (κ1) is 23.6. The van der Waals surface area contributed by atoms with E-state index in [4.69, 9.17) is 37.4 Å². The number of nitrogens with one attached hydrogen (secondary N) is 1. The Morgan fingerprint density at radius 1 is 1.07 bits per heavy atom. The van der Waals surface area contributed by atoms with Gasteiger partial charge >= 0.3 is 0 Å². The van der Waals surface area contributed by atoms with Gasteiger partial charge < -0.3 is 19.5 Å². The van der Waals surface area contributed by atoms with Crippen molar-refractivity contribution in [2.24, 2.45) is 0 Å². The molecule has 30 heavy (non-hydrogen) atoms. The van der Waals surface area contributed by atoms with E-state index in [1.54, 1.807) is 6.07 Å². The third kappa shape index (κ3) is 7.01. The molecule has 1 N–H and O–H groups in total. The van der Waals surface area contributed by atoms with Gasteiger partial charge in [0.05, 0.1) is 34.3 Å². The SMILES string of the molecule is CCOc1cc(CNCCN2CCOCC2)cc(Br)c1OCc1ccc(Cl)c(Cl)c1. The van der Waals surface area contributed by atoms with Gasteiger partial charge in [-0.25, -0.2) is 0 Å². The lowest BCUT2D eigenvalue weighted by Gasteiger charge is -2.26. The van der Waals surface area contributed by atoms with Gasteiger partial charge in [0.1, 0.15) is 6.61 Å². The molecule has 2 aromatic carbocycles. The van der Waals surface area contributed by atoms with E-state index in [0.717, 1.165) is 67.3 Å². The molecule has 1 aliphatic rings. The Labute approximate surface area is 196 Å². The van der Waals surface area contributed by atoms with Gasteiger partial charge in [0.15, 0.2) is 11.5 Å². The van der Waals surface area contributed by atoms with Crippen molar-refractivity contribution in [3.05, 3.63) is 56.0 Å². The first-order valence-corrected chi connectivity index (χ1v) is 11.6. The summed E-state index contributed by atoms with van der Waals surface area (Å²) in [6.45, 7) is 9.27. The number of hydrogen-bond acceptors (Lipinski definition) is 5. The number of ether oxygens (including phenoxy) is 3. The van der Waals surface area contributed by atoms with Crippen LogP contribution >= 0.6 is 39.1 Å². The molecule has 3 rings (SSSR count). The predicted octanol–water partition coefficient (Wildman–Crippen LogP) is 5.16. The monoisotopic (exact) mass is 516 g/mol. The topological polar surface area (TPSA) is 43.0 Å². The minimum atomic E-state index is 0.368. The molecule has 0 saturated carbocycles. The molecule has 1 fully saturated rings. The molecular formula is C22H27BrCl2N2O3. The second-order valence-electron chi connectivity index (χ2n) is 7.01. The second kappa shape index (κ2) is 12.1. The summed E-state index contributed by atoms with van der Waals surface area (Å²) in [6.07, 6.45) is 0. The van der Waals surface area contributed by atoms with Crippen molar-refractivity contribution in [3.63, 3.8) is 0 Å². The van der Waals surface area contributed by atoms with Crippen molar-refractivity contribution < 1.29 is 14.2 Å². The van der Waals surface area contributed by atoms with E-state index in [0.29, 0.717) is 29.0 Å². The zero-order valence-corrected chi connectivity index (χ0v) is 20.2. The van der Waals surface area contributed by atoms with E-state index in [-0.39, 0.29) is 0 Å². The Kier molecular flexibility index (Phi) is 9.56. The molecule has 0 bridgehead atoms. The summed E-state index contributed by atoms with van der Waals surface area (Å²) in [4.78, 5) is 2.41. The lowest BCUT2D eigenvalue weighted by atomic mass is 10.2. The maximum atomic E-state index is 6.10. The smallest absolute Gasteiger partial charge is 0.175 e. The minimum Gasteiger partial charge on any atom is -0.490 e. The number of morpholine rings is 1. The first-order valence-electron chi connectivity index (χ1n) is 10.1. The summed E-state index contributed by atoms with van der Waals surface area (Å²) in [5, 5.41) is 4.55. The van der Waals surface area contributed by atoms with Crippen LogP contribution in [-0.4, -0.2) is 50.9 Å². The van der Waals surface area contributed by atoms with E-state index in [2.05, 4.69) is 32.2 Å². The number of halogens is 3. The summed E-state index contributed by atoms with van der Waals surface area (Å²) in [7, 11) is 0. The Bertz CT molecular complexity index is 832. The van der Waals surface area contributed by atoms with Gasteiger partial charge in [-0.3, -0.25) is 4.90 Å². The predicted molar refractivity (Wildman–Crippen MR) is 125 cm³/mol. The molecular weight excluding hydrogens is 491 g/mol. The molecule has 5 nitrogen and oxygen atoms in total. The zero-order valence-electron chi connectivity index (χ0n) is 17.1. The molecule has 0 aromatic heterocycles. The Balaban J connectivity index is 1.59. The quantitative estimate of drug-likeness (QED) is 0.441. The van der Waals surface area contributed by atoms with Crippen LogP contribution in [0.1, 0.15) is 18.1 Å². The molecule has 8 heteroatoms. The van der Waals surface area contributed by atoms with Gasteiger partial charge in [0.25, 0.3) is 0 Å². The maximum Gasteiger partial charge on any atom is 0.175 e. The van der Waals surface area contributed by atoms with Crippen LogP contribution in [-0.2, 0) is 17.9 Å². The summed E-state index contributed by atoms with van der Waals surface area (Å²) in [5.41, 5.74) is 2.07.